The normalized spacial score (nSPS) is 15.2. The molecule has 0 amide bonds. The molecule has 0 bridgehead atoms. The maximum Gasteiger partial charge on any atom is 0.586 e. The first-order valence-corrected chi connectivity index (χ1v) is 10.7. The lowest BCUT2D eigenvalue weighted by molar-refractivity contribution is -0.286. The second-order valence-electron chi connectivity index (χ2n) is 6.80. The zero-order valence-corrected chi connectivity index (χ0v) is 17.3. The van der Waals surface area contributed by atoms with Crippen LogP contribution in [0.5, 0.6) is 11.5 Å². The second kappa shape index (κ2) is 7.15. The number of imidazole rings is 1. The minimum atomic E-state index is -4.80. The zero-order valence-electron chi connectivity index (χ0n) is 16.4. The Bertz CT molecular complexity index is 1320. The van der Waals surface area contributed by atoms with Crippen molar-refractivity contribution >= 4 is 9.84 Å². The fraction of sp³-hybridized carbons (Fsp3) is 0.263. The predicted octanol–water partition coefficient (Wildman–Crippen LogP) is 4.28. The van der Waals surface area contributed by atoms with E-state index in [1.165, 1.54) is 42.9 Å². The first kappa shape index (κ1) is 22.0. The summed E-state index contributed by atoms with van der Waals surface area (Å²) in [5, 5.41) is 0. The van der Waals surface area contributed by atoms with Gasteiger partial charge in [0.2, 0.25) is 0 Å². The lowest BCUT2D eigenvalue weighted by atomic mass is 10.1. The number of nitrogens with zero attached hydrogens (tertiary/aromatic N) is 3. The van der Waals surface area contributed by atoms with Gasteiger partial charge in [-0.25, -0.2) is 13.4 Å². The van der Waals surface area contributed by atoms with E-state index < -0.39 is 38.5 Å². The Hall–Kier alpha value is -3.22. The van der Waals surface area contributed by atoms with Crippen LogP contribution in [0.1, 0.15) is 12.5 Å². The van der Waals surface area contributed by atoms with Gasteiger partial charge in [-0.2, -0.15) is 13.2 Å². The van der Waals surface area contributed by atoms with Crippen LogP contribution in [-0.2, 0) is 23.1 Å². The van der Waals surface area contributed by atoms with Crippen molar-refractivity contribution in [3.8, 4) is 34.3 Å². The molecule has 2 aromatic heterocycles. The average molecular weight is 475 g/mol. The van der Waals surface area contributed by atoms with Crippen LogP contribution in [0.3, 0.4) is 0 Å². The molecule has 0 spiro atoms. The largest absolute Gasteiger partial charge is 0.586 e. The third kappa shape index (κ3) is 3.66. The molecule has 0 aliphatic carbocycles. The number of ether oxygens (including phenoxy) is 2. The van der Waals surface area contributed by atoms with E-state index in [2.05, 4.69) is 19.4 Å². The van der Waals surface area contributed by atoms with E-state index in [4.69, 9.17) is 0 Å². The summed E-state index contributed by atoms with van der Waals surface area (Å²) in [6.45, 7) is 1.29. The predicted molar refractivity (Wildman–Crippen MR) is 101 cm³/mol. The molecule has 0 saturated heterocycles. The quantitative estimate of drug-likeness (QED) is 0.524. The van der Waals surface area contributed by atoms with E-state index in [1.54, 1.807) is 0 Å². The molecule has 1 aromatic carbocycles. The summed E-state index contributed by atoms with van der Waals surface area (Å²) in [6, 6.07) is 4.68. The number of halogens is 5. The van der Waals surface area contributed by atoms with E-state index in [-0.39, 0.29) is 34.3 Å². The number of aromatic nitrogens is 3. The molecule has 3 aromatic rings. The molecular formula is C19H14F5N3O4S. The van der Waals surface area contributed by atoms with Gasteiger partial charge in [0.1, 0.15) is 5.69 Å². The summed E-state index contributed by atoms with van der Waals surface area (Å²) >= 11 is 0. The Morgan fingerprint density at radius 1 is 1.12 bits per heavy atom. The van der Waals surface area contributed by atoms with Crippen LogP contribution >= 0.6 is 0 Å². The maximum absolute atomic E-state index is 13.5. The van der Waals surface area contributed by atoms with Crippen molar-refractivity contribution in [2.45, 2.75) is 24.3 Å². The number of pyridine rings is 1. The smallest absolute Gasteiger partial charge is 0.395 e. The third-order valence-corrected chi connectivity index (χ3v) is 6.54. The Balaban J connectivity index is 1.88. The van der Waals surface area contributed by atoms with E-state index in [1.807, 2.05) is 0 Å². The third-order valence-electron chi connectivity index (χ3n) is 4.80. The van der Waals surface area contributed by atoms with Crippen LogP contribution in [0.15, 0.2) is 41.6 Å². The fourth-order valence-electron chi connectivity index (χ4n) is 3.21. The molecule has 0 N–H and O–H groups in total. The van der Waals surface area contributed by atoms with E-state index in [9.17, 15) is 30.4 Å². The van der Waals surface area contributed by atoms with Crippen molar-refractivity contribution in [2.75, 3.05) is 5.75 Å². The molecule has 0 unspecified atom stereocenters. The van der Waals surface area contributed by atoms with E-state index >= 15 is 0 Å². The van der Waals surface area contributed by atoms with E-state index in [0.29, 0.717) is 12.3 Å². The summed E-state index contributed by atoms with van der Waals surface area (Å²) in [7, 11) is -2.68. The van der Waals surface area contributed by atoms with Gasteiger partial charge in [0.25, 0.3) is 0 Å². The van der Waals surface area contributed by atoms with Crippen LogP contribution in [0.2, 0.25) is 0 Å². The van der Waals surface area contributed by atoms with Gasteiger partial charge in [-0.05, 0) is 18.2 Å². The first-order chi connectivity index (χ1) is 14.8. The molecule has 0 atom stereocenters. The summed E-state index contributed by atoms with van der Waals surface area (Å²) in [5.74, 6) is -1.01. The van der Waals surface area contributed by atoms with Crippen molar-refractivity contribution in [3.05, 3.63) is 42.2 Å². The summed E-state index contributed by atoms with van der Waals surface area (Å²) in [4.78, 5) is 7.19. The number of alkyl halides is 5. The van der Waals surface area contributed by atoms with Crippen molar-refractivity contribution in [3.63, 3.8) is 0 Å². The van der Waals surface area contributed by atoms with Gasteiger partial charge >= 0.3 is 12.5 Å². The standard InChI is InChI=1S/C19H14F5N3O4S/c1-3-32(28,29)14-7-10(18(20,21)22)8-25-15(14)17-26-9-12(27(17)2)11-5-4-6-13-16(11)31-19(23,24)30-13/h4-9H,3H2,1-2H3. The average Bonchev–Trinajstić information content (AvgIpc) is 3.24. The molecule has 3 heterocycles. The van der Waals surface area contributed by atoms with E-state index in [0.717, 1.165) is 0 Å². The minimum Gasteiger partial charge on any atom is -0.395 e. The molecule has 4 rings (SSSR count). The number of hydrogen-bond donors (Lipinski definition) is 0. The van der Waals surface area contributed by atoms with Gasteiger partial charge in [-0.15, -0.1) is 8.78 Å². The number of fused-ring (bicyclic) bond motifs is 1. The van der Waals surface area contributed by atoms with Crippen LogP contribution in [0.4, 0.5) is 22.0 Å². The highest BCUT2D eigenvalue weighted by Gasteiger charge is 2.45. The lowest BCUT2D eigenvalue weighted by Crippen LogP contribution is -2.26. The fourth-order valence-corrected chi connectivity index (χ4v) is 4.27. The Labute approximate surface area is 178 Å². The van der Waals surface area contributed by atoms with Gasteiger partial charge in [-0.1, -0.05) is 13.0 Å². The number of sulfone groups is 1. The molecular weight excluding hydrogens is 461 g/mol. The second-order valence-corrected chi connectivity index (χ2v) is 9.04. The molecule has 32 heavy (non-hydrogen) atoms. The van der Waals surface area contributed by atoms with Crippen LogP contribution in [0.25, 0.3) is 22.8 Å². The van der Waals surface area contributed by atoms with Crippen molar-refractivity contribution < 1.29 is 39.8 Å². The molecule has 7 nitrogen and oxygen atoms in total. The van der Waals surface area contributed by atoms with Gasteiger partial charge in [-0.3, -0.25) is 4.98 Å². The molecule has 0 radical (unpaired) electrons. The number of benzene rings is 1. The number of para-hydroxylation sites is 1. The van der Waals surface area contributed by atoms with Gasteiger partial charge in [0, 0.05) is 18.8 Å². The van der Waals surface area contributed by atoms with Gasteiger partial charge < -0.3 is 14.0 Å². The van der Waals surface area contributed by atoms with Crippen LogP contribution in [0, 0.1) is 0 Å². The Morgan fingerprint density at radius 3 is 2.50 bits per heavy atom. The highest BCUT2D eigenvalue weighted by Crippen LogP contribution is 2.47. The number of rotatable bonds is 4. The highest BCUT2D eigenvalue weighted by atomic mass is 32.2. The van der Waals surface area contributed by atoms with Gasteiger partial charge in [0.15, 0.2) is 27.2 Å². The van der Waals surface area contributed by atoms with Crippen LogP contribution in [-0.4, -0.2) is 35.0 Å². The molecule has 1 aliphatic rings. The zero-order chi connectivity index (χ0) is 23.5. The monoisotopic (exact) mass is 475 g/mol. The first-order valence-electron chi connectivity index (χ1n) is 9.05. The molecule has 170 valence electrons. The maximum atomic E-state index is 13.5. The lowest BCUT2D eigenvalue weighted by Gasteiger charge is -2.13. The van der Waals surface area contributed by atoms with Crippen LogP contribution < -0.4 is 9.47 Å². The Kier molecular flexibility index (Phi) is 4.91. The Morgan fingerprint density at radius 2 is 1.84 bits per heavy atom. The van der Waals surface area contributed by atoms with Crippen molar-refractivity contribution in [2.24, 2.45) is 7.05 Å². The molecule has 13 heteroatoms. The summed E-state index contributed by atoms with van der Waals surface area (Å²) < 4.78 is 102. The minimum absolute atomic E-state index is 0.0796. The SMILES string of the molecule is CCS(=O)(=O)c1cc(C(F)(F)F)cnc1-c1ncc(-c2cccc3c2OC(F)(F)O3)n1C. The topological polar surface area (TPSA) is 83.3 Å². The summed E-state index contributed by atoms with van der Waals surface area (Å²) in [6.07, 6.45) is -6.91. The molecule has 0 saturated carbocycles. The van der Waals surface area contributed by atoms with Crippen molar-refractivity contribution in [1.82, 2.24) is 14.5 Å². The summed E-state index contributed by atoms with van der Waals surface area (Å²) in [5.41, 5.74) is -1.15. The molecule has 0 fully saturated rings. The van der Waals surface area contributed by atoms with Crippen molar-refractivity contribution in [1.29, 1.82) is 0 Å². The molecule has 1 aliphatic heterocycles. The van der Waals surface area contributed by atoms with Gasteiger partial charge in [0.05, 0.1) is 28.1 Å². The number of hydrogen-bond acceptors (Lipinski definition) is 6. The highest BCUT2D eigenvalue weighted by molar-refractivity contribution is 7.91.